The summed E-state index contributed by atoms with van der Waals surface area (Å²) < 4.78 is 5.06. The van der Waals surface area contributed by atoms with E-state index in [-0.39, 0.29) is 27.1 Å². The highest BCUT2D eigenvalue weighted by Crippen LogP contribution is 2.44. The third-order valence-electron chi connectivity index (χ3n) is 5.73. The molecule has 4 atom stereocenters. The van der Waals surface area contributed by atoms with E-state index in [9.17, 15) is 40.3 Å². The first-order chi connectivity index (χ1) is 14.1. The number of hydrogen-bond acceptors (Lipinski definition) is 8. The van der Waals surface area contributed by atoms with Crippen LogP contribution in [0.3, 0.4) is 0 Å². The Bertz CT molecular complexity index is 1480. The highest BCUT2D eigenvalue weighted by molar-refractivity contribution is 5.88. The van der Waals surface area contributed by atoms with E-state index < -0.39 is 57.1 Å². The number of aromatic hydroxyl groups is 1. The molecule has 1 aromatic rings. The normalized spacial score (nSPS) is 25.8. The van der Waals surface area contributed by atoms with Crippen LogP contribution in [0, 0.1) is 10.4 Å². The predicted molar refractivity (Wildman–Crippen MR) is 98.7 cm³/mol. The Kier molecular flexibility index (Phi) is 4.16. The van der Waals surface area contributed by atoms with Crippen LogP contribution < -0.4 is 16.2 Å². The van der Waals surface area contributed by atoms with E-state index in [1.807, 2.05) is 0 Å². The number of aliphatic hydroxyl groups excluding tert-OH is 3. The van der Waals surface area contributed by atoms with Gasteiger partial charge in [0.2, 0.25) is 5.43 Å². The third kappa shape index (κ3) is 2.27. The summed E-state index contributed by atoms with van der Waals surface area (Å²) in [5.41, 5.74) is 5.31. The molecular weight excluding hydrogens is 396 g/mol. The van der Waals surface area contributed by atoms with E-state index in [2.05, 4.69) is 4.79 Å². The quantitative estimate of drug-likeness (QED) is 0.218. The fourth-order valence-electron chi connectivity index (χ4n) is 4.37. The van der Waals surface area contributed by atoms with Gasteiger partial charge in [0.05, 0.1) is 10.9 Å². The smallest absolute Gasteiger partial charge is 0.333 e. The first-order valence-electron chi connectivity index (χ1n) is 8.92. The number of phenols is 1. The summed E-state index contributed by atoms with van der Waals surface area (Å²) in [6.45, 7) is 2.19. The maximum atomic E-state index is 13.2. The Labute approximate surface area is 166 Å². The number of hydrogen-bond donors (Lipinski definition) is 4. The number of carbonyl (C=O) groups is 1. The summed E-state index contributed by atoms with van der Waals surface area (Å²) in [6.07, 6.45) is -5.56. The molecule has 3 aliphatic carbocycles. The summed E-state index contributed by atoms with van der Waals surface area (Å²) >= 11 is 0. The lowest BCUT2D eigenvalue weighted by Crippen LogP contribution is -2.55. The van der Waals surface area contributed by atoms with Crippen molar-refractivity contribution in [3.05, 3.63) is 71.1 Å². The Hall–Kier alpha value is -3.43. The van der Waals surface area contributed by atoms with E-state index in [1.54, 1.807) is 0 Å². The molecule has 10 nitrogen and oxygen atoms in total. The molecule has 0 radical (unpaired) electrons. The molecule has 0 heterocycles. The zero-order valence-electron chi connectivity index (χ0n) is 15.8. The van der Waals surface area contributed by atoms with Gasteiger partial charge in [0.1, 0.15) is 29.3 Å². The molecule has 0 aliphatic heterocycles. The first kappa shape index (κ1) is 19.9. The van der Waals surface area contributed by atoms with Crippen LogP contribution in [-0.4, -0.2) is 42.9 Å². The van der Waals surface area contributed by atoms with Crippen molar-refractivity contribution in [3.63, 3.8) is 0 Å². The van der Waals surface area contributed by atoms with E-state index in [4.69, 9.17) is 4.74 Å². The Morgan fingerprint density at radius 1 is 1.13 bits per heavy atom. The number of nitrogens with zero attached hydrogens (tertiary/aromatic N) is 2. The van der Waals surface area contributed by atoms with Crippen molar-refractivity contribution in [2.75, 3.05) is 0 Å². The van der Waals surface area contributed by atoms with Gasteiger partial charge in [-0.3, -0.25) is 14.4 Å². The minimum absolute atomic E-state index is 0.144. The van der Waals surface area contributed by atoms with Crippen LogP contribution in [0.5, 0.6) is 5.75 Å². The molecule has 1 aromatic carbocycles. The summed E-state index contributed by atoms with van der Waals surface area (Å²) in [7, 11) is 0. The van der Waals surface area contributed by atoms with Gasteiger partial charge in [-0.25, -0.2) is 0 Å². The Morgan fingerprint density at radius 2 is 1.80 bits per heavy atom. The lowest BCUT2D eigenvalue weighted by molar-refractivity contribution is -0.212. The summed E-state index contributed by atoms with van der Waals surface area (Å²) in [6, 6.07) is 3.87. The molecule has 0 unspecified atom stereocenters. The van der Waals surface area contributed by atoms with Crippen LogP contribution in [0.15, 0.2) is 27.8 Å². The lowest BCUT2D eigenvalue weighted by Gasteiger charge is -2.43. The van der Waals surface area contributed by atoms with Crippen LogP contribution in [0.2, 0.25) is 0 Å². The van der Waals surface area contributed by atoms with E-state index >= 15 is 0 Å². The largest absolute Gasteiger partial charge is 0.507 e. The van der Waals surface area contributed by atoms with Crippen molar-refractivity contribution >= 4 is 16.7 Å². The molecule has 0 amide bonds. The molecule has 0 spiro atoms. The first-order valence-corrected chi connectivity index (χ1v) is 8.92. The topological polar surface area (TPSA) is 178 Å². The zero-order valence-corrected chi connectivity index (χ0v) is 15.8. The van der Waals surface area contributed by atoms with Crippen molar-refractivity contribution < 1.29 is 34.7 Å². The molecule has 4 rings (SSSR count). The molecule has 0 bridgehead atoms. The standard InChI is InChI=1S/C20H16N2O8/c1-6(23)30-20(2)18(28)13-11(17(27)19(20)29)10-12(14(13)22-21)16(26)9-7(15(10)25)4-3-5-8(9)24/h3-5,17-19,24,27-29H,1-2H3/t17-,18+,19+,20+/m0/s1. The molecule has 4 N–H and O–H groups in total. The fraction of sp³-hybridized carbons (Fsp3) is 0.300. The van der Waals surface area contributed by atoms with Gasteiger partial charge in [-0.05, 0) is 13.0 Å². The average Bonchev–Trinajstić information content (AvgIpc) is 3.04. The minimum atomic E-state index is -2.06. The summed E-state index contributed by atoms with van der Waals surface area (Å²) in [5, 5.41) is 40.7. The van der Waals surface area contributed by atoms with Crippen LogP contribution in [0.4, 0.5) is 0 Å². The molecule has 0 saturated carbocycles. The highest BCUT2D eigenvalue weighted by Gasteiger charge is 2.55. The minimum Gasteiger partial charge on any atom is -0.507 e. The van der Waals surface area contributed by atoms with Gasteiger partial charge in [-0.1, -0.05) is 12.1 Å². The van der Waals surface area contributed by atoms with Gasteiger partial charge >= 0.3 is 11.3 Å². The number of ether oxygens (including phenoxy) is 1. The number of benzene rings is 1. The van der Waals surface area contributed by atoms with Gasteiger partial charge in [-0.2, -0.15) is 4.79 Å². The van der Waals surface area contributed by atoms with Gasteiger partial charge in [0.15, 0.2) is 11.0 Å². The summed E-state index contributed by atoms with van der Waals surface area (Å²) in [5.74, 6) is -1.33. The average molecular weight is 412 g/mol. The second-order valence-corrected chi connectivity index (χ2v) is 7.45. The molecule has 10 heteroatoms. The fourth-order valence-corrected chi connectivity index (χ4v) is 4.37. The van der Waals surface area contributed by atoms with Crippen LogP contribution in [0.1, 0.15) is 37.2 Å². The van der Waals surface area contributed by atoms with Gasteiger partial charge in [0, 0.05) is 23.1 Å². The second kappa shape index (κ2) is 6.28. The maximum absolute atomic E-state index is 13.2. The molecule has 0 fully saturated rings. The predicted octanol–water partition coefficient (Wildman–Crippen LogP) is -1.24. The maximum Gasteiger partial charge on any atom is 0.333 e. The van der Waals surface area contributed by atoms with E-state index in [0.717, 1.165) is 13.8 Å². The SMILES string of the molecule is CC(=O)O[C@]1(C)[C@H](O)c2c(c3c(=O)c4cccc(O)c4c(=O)c=3c2=[N+]=[N-])[C@H](O)[C@H]1O. The van der Waals surface area contributed by atoms with Crippen molar-refractivity contribution in [1.29, 1.82) is 0 Å². The molecule has 0 aromatic heterocycles. The van der Waals surface area contributed by atoms with E-state index in [0.29, 0.717) is 0 Å². The highest BCUT2D eigenvalue weighted by atomic mass is 16.6. The molecular formula is C20H16N2O8. The Balaban J connectivity index is 2.30. The lowest BCUT2D eigenvalue weighted by atomic mass is 9.76. The van der Waals surface area contributed by atoms with Crippen LogP contribution >= 0.6 is 0 Å². The molecule has 30 heavy (non-hydrogen) atoms. The number of fused-ring (bicyclic) bond motifs is 3. The molecule has 154 valence electrons. The van der Waals surface area contributed by atoms with E-state index in [1.165, 1.54) is 18.2 Å². The Morgan fingerprint density at radius 3 is 2.40 bits per heavy atom. The summed E-state index contributed by atoms with van der Waals surface area (Å²) in [4.78, 5) is 40.9. The number of phenolic OH excluding ortho intramolecular Hbond substituents is 1. The third-order valence-corrected chi connectivity index (χ3v) is 5.73. The van der Waals surface area contributed by atoms with Crippen molar-refractivity contribution in [3.8, 4) is 5.75 Å². The number of aliphatic hydroxyl groups is 3. The van der Waals surface area contributed by atoms with Crippen LogP contribution in [0.25, 0.3) is 16.3 Å². The zero-order chi connectivity index (χ0) is 22.1. The van der Waals surface area contributed by atoms with Crippen LogP contribution in [-0.2, 0) is 9.53 Å². The van der Waals surface area contributed by atoms with Crippen molar-refractivity contribution in [2.45, 2.75) is 37.8 Å². The van der Waals surface area contributed by atoms with Gasteiger partial charge in [0.25, 0.3) is 0 Å². The van der Waals surface area contributed by atoms with Gasteiger partial charge < -0.3 is 30.7 Å². The second-order valence-electron chi connectivity index (χ2n) is 7.45. The number of esters is 1. The monoisotopic (exact) mass is 412 g/mol. The van der Waals surface area contributed by atoms with Gasteiger partial charge in [-0.15, -0.1) is 0 Å². The van der Waals surface area contributed by atoms with Crippen molar-refractivity contribution in [2.24, 2.45) is 0 Å². The number of carbonyl (C=O) groups excluding carboxylic acids is 1. The van der Waals surface area contributed by atoms with Crippen molar-refractivity contribution in [1.82, 2.24) is 0 Å². The number of rotatable bonds is 1. The molecule has 3 aliphatic rings. The molecule has 0 saturated heterocycles.